The molecule has 2 heterocycles. The molecule has 0 bridgehead atoms. The Morgan fingerprint density at radius 2 is 1.90 bits per heavy atom. The van der Waals surface area contributed by atoms with Gasteiger partial charge in [-0.25, -0.2) is 4.39 Å². The molecule has 1 fully saturated rings. The molecule has 1 atom stereocenters. The highest BCUT2D eigenvalue weighted by molar-refractivity contribution is 6.30. The average molecular weight is 415 g/mol. The summed E-state index contributed by atoms with van der Waals surface area (Å²) in [6.45, 7) is 0.338. The molecule has 0 radical (unpaired) electrons. The zero-order valence-electron chi connectivity index (χ0n) is 15.1. The van der Waals surface area contributed by atoms with Gasteiger partial charge in [0.1, 0.15) is 5.82 Å². The normalized spacial score (nSPS) is 16.3. The molecule has 2 aromatic carbocycles. The first kappa shape index (κ1) is 19.1. The molecule has 0 aliphatic carbocycles. The molecule has 3 aromatic rings. The van der Waals surface area contributed by atoms with Crippen molar-refractivity contribution in [2.24, 2.45) is 0 Å². The van der Waals surface area contributed by atoms with Crippen molar-refractivity contribution in [2.75, 3.05) is 16.8 Å². The first-order valence-corrected chi connectivity index (χ1v) is 9.29. The Morgan fingerprint density at radius 3 is 2.62 bits per heavy atom. The number of aromatic nitrogens is 2. The molecule has 2 amide bonds. The fourth-order valence-corrected chi connectivity index (χ4v) is 3.27. The van der Waals surface area contributed by atoms with Crippen molar-refractivity contribution in [1.29, 1.82) is 0 Å². The molecule has 0 saturated carbocycles. The van der Waals surface area contributed by atoms with Crippen molar-refractivity contribution < 1.29 is 18.4 Å². The molecule has 1 aliphatic rings. The van der Waals surface area contributed by atoms with Gasteiger partial charge in [0.2, 0.25) is 17.7 Å². The summed E-state index contributed by atoms with van der Waals surface area (Å²) >= 11 is 5.83. The van der Waals surface area contributed by atoms with E-state index in [2.05, 4.69) is 15.5 Å². The van der Waals surface area contributed by atoms with E-state index in [0.29, 0.717) is 17.3 Å². The summed E-state index contributed by atoms with van der Waals surface area (Å²) in [5, 5.41) is 11.0. The Balaban J connectivity index is 1.38. The van der Waals surface area contributed by atoms with E-state index in [-0.39, 0.29) is 48.3 Å². The fraction of sp³-hybridized carbons (Fsp3) is 0.200. The van der Waals surface area contributed by atoms with E-state index >= 15 is 0 Å². The van der Waals surface area contributed by atoms with Crippen LogP contribution in [0.3, 0.4) is 0 Å². The second-order valence-corrected chi connectivity index (χ2v) is 7.12. The molecule has 1 aromatic heterocycles. The van der Waals surface area contributed by atoms with E-state index in [1.54, 1.807) is 41.3 Å². The predicted octanol–water partition coefficient (Wildman–Crippen LogP) is 3.56. The van der Waals surface area contributed by atoms with Gasteiger partial charge in [-0.3, -0.25) is 14.9 Å². The topological polar surface area (TPSA) is 88.3 Å². The number of amides is 2. The second-order valence-electron chi connectivity index (χ2n) is 6.68. The zero-order valence-corrected chi connectivity index (χ0v) is 15.9. The smallest absolute Gasteiger partial charge is 0.322 e. The lowest BCUT2D eigenvalue weighted by atomic mass is 10.1. The minimum Gasteiger partial charge on any atom is -0.407 e. The van der Waals surface area contributed by atoms with Crippen LogP contribution in [0.1, 0.15) is 23.8 Å². The zero-order chi connectivity index (χ0) is 20.4. The Bertz CT molecular complexity index is 1040. The molecular formula is C20H16ClFN4O3. The van der Waals surface area contributed by atoms with E-state index in [4.69, 9.17) is 16.0 Å². The van der Waals surface area contributed by atoms with Crippen molar-refractivity contribution in [3.8, 4) is 0 Å². The Hall–Kier alpha value is -3.26. The minimum atomic E-state index is -0.368. The highest BCUT2D eigenvalue weighted by Gasteiger charge is 2.35. The molecule has 7 nitrogen and oxygen atoms in total. The van der Waals surface area contributed by atoms with Gasteiger partial charge in [-0.15, -0.1) is 5.10 Å². The standard InChI is InChI=1S/C20H16ClFN4O3/c21-14-3-1-12(2-4-14)9-17(27)23-20-25-24-19(29-20)13-10-18(28)26(11-13)16-7-5-15(22)6-8-16/h1-8,13H,9-11H2,(H,23,25,27)/t13-/m1/s1. The summed E-state index contributed by atoms with van der Waals surface area (Å²) in [4.78, 5) is 26.0. The second kappa shape index (κ2) is 8.00. The van der Waals surface area contributed by atoms with Crippen LogP contribution in [0, 0.1) is 5.82 Å². The maximum absolute atomic E-state index is 13.1. The van der Waals surface area contributed by atoms with Gasteiger partial charge in [0.25, 0.3) is 0 Å². The first-order chi connectivity index (χ1) is 14.0. The molecule has 9 heteroatoms. The number of hydrogen-bond acceptors (Lipinski definition) is 5. The summed E-state index contributed by atoms with van der Waals surface area (Å²) in [5.41, 5.74) is 1.40. The van der Waals surface area contributed by atoms with Gasteiger partial charge < -0.3 is 9.32 Å². The molecule has 0 spiro atoms. The molecule has 4 rings (SSSR count). The maximum atomic E-state index is 13.1. The first-order valence-electron chi connectivity index (χ1n) is 8.91. The predicted molar refractivity (Wildman–Crippen MR) is 104 cm³/mol. The van der Waals surface area contributed by atoms with Crippen LogP contribution in [0.25, 0.3) is 0 Å². The van der Waals surface area contributed by atoms with Crippen LogP contribution >= 0.6 is 11.6 Å². The number of halogens is 2. The van der Waals surface area contributed by atoms with Crippen molar-refractivity contribution in [2.45, 2.75) is 18.8 Å². The van der Waals surface area contributed by atoms with Gasteiger partial charge in [0.05, 0.1) is 12.3 Å². The van der Waals surface area contributed by atoms with Crippen LogP contribution in [0.5, 0.6) is 0 Å². The van der Waals surface area contributed by atoms with Crippen LogP contribution in [0.2, 0.25) is 5.02 Å². The van der Waals surface area contributed by atoms with Crippen LogP contribution in [-0.2, 0) is 16.0 Å². The summed E-state index contributed by atoms with van der Waals surface area (Å²) in [7, 11) is 0. The highest BCUT2D eigenvalue weighted by Crippen LogP contribution is 2.31. The molecule has 1 N–H and O–H groups in total. The number of rotatable bonds is 5. The van der Waals surface area contributed by atoms with Crippen LogP contribution in [-0.4, -0.2) is 28.6 Å². The number of carbonyl (C=O) groups excluding carboxylic acids is 2. The number of nitrogens with one attached hydrogen (secondary N) is 1. The third-order valence-corrected chi connectivity index (χ3v) is 4.83. The summed E-state index contributed by atoms with van der Waals surface area (Å²) in [5.74, 6) is -0.828. The van der Waals surface area contributed by atoms with E-state index in [9.17, 15) is 14.0 Å². The Kier molecular flexibility index (Phi) is 5.26. The molecule has 1 aliphatic heterocycles. The lowest BCUT2D eigenvalue weighted by molar-refractivity contribution is -0.117. The maximum Gasteiger partial charge on any atom is 0.322 e. The summed E-state index contributed by atoms with van der Waals surface area (Å²) in [6.07, 6.45) is 0.326. The molecule has 1 saturated heterocycles. The van der Waals surface area contributed by atoms with Crippen LogP contribution < -0.4 is 10.2 Å². The van der Waals surface area contributed by atoms with Gasteiger partial charge in [-0.2, -0.15) is 0 Å². The monoisotopic (exact) mass is 414 g/mol. The number of nitrogens with zero attached hydrogens (tertiary/aromatic N) is 3. The van der Waals surface area contributed by atoms with Gasteiger partial charge in [-0.05, 0) is 42.0 Å². The van der Waals surface area contributed by atoms with Crippen molar-refractivity contribution in [3.05, 3.63) is 70.8 Å². The molecule has 148 valence electrons. The fourth-order valence-electron chi connectivity index (χ4n) is 3.14. The van der Waals surface area contributed by atoms with Gasteiger partial charge in [0.15, 0.2) is 0 Å². The molecule has 0 unspecified atom stereocenters. The van der Waals surface area contributed by atoms with E-state index in [1.807, 2.05) is 0 Å². The lowest BCUT2D eigenvalue weighted by Gasteiger charge is -2.15. The Labute approximate surface area is 170 Å². The van der Waals surface area contributed by atoms with Crippen molar-refractivity contribution in [1.82, 2.24) is 10.2 Å². The van der Waals surface area contributed by atoms with Crippen LogP contribution in [0.4, 0.5) is 16.1 Å². The Morgan fingerprint density at radius 1 is 1.17 bits per heavy atom. The van der Waals surface area contributed by atoms with Crippen LogP contribution in [0.15, 0.2) is 52.9 Å². The lowest BCUT2D eigenvalue weighted by Crippen LogP contribution is -2.24. The third kappa shape index (κ3) is 4.43. The minimum absolute atomic E-state index is 0.0216. The number of benzene rings is 2. The number of anilines is 2. The largest absolute Gasteiger partial charge is 0.407 e. The van der Waals surface area contributed by atoms with E-state index < -0.39 is 0 Å². The highest BCUT2D eigenvalue weighted by atomic mass is 35.5. The average Bonchev–Trinajstić information content (AvgIpc) is 3.31. The summed E-state index contributed by atoms with van der Waals surface area (Å²) in [6, 6.07) is 12.6. The van der Waals surface area contributed by atoms with Crippen molar-refractivity contribution in [3.63, 3.8) is 0 Å². The van der Waals surface area contributed by atoms with Gasteiger partial charge in [-0.1, -0.05) is 28.8 Å². The number of carbonyl (C=O) groups is 2. The SMILES string of the molecule is O=C(Cc1ccc(Cl)cc1)Nc1nnc([C@@H]2CC(=O)N(c3ccc(F)cc3)C2)o1. The van der Waals surface area contributed by atoms with Gasteiger partial charge >= 0.3 is 6.01 Å². The quantitative estimate of drug-likeness (QED) is 0.689. The molecular weight excluding hydrogens is 399 g/mol. The van der Waals surface area contributed by atoms with E-state index in [0.717, 1.165) is 5.56 Å². The van der Waals surface area contributed by atoms with Crippen molar-refractivity contribution >= 4 is 35.1 Å². The third-order valence-electron chi connectivity index (χ3n) is 4.58. The molecule has 29 heavy (non-hydrogen) atoms. The van der Waals surface area contributed by atoms with E-state index in [1.165, 1.54) is 12.1 Å². The summed E-state index contributed by atoms with van der Waals surface area (Å²) < 4.78 is 18.6. The van der Waals surface area contributed by atoms with Gasteiger partial charge in [0, 0.05) is 23.7 Å². The number of hydrogen-bond donors (Lipinski definition) is 1.